The fraction of sp³-hybridized carbons (Fsp3) is 1.00. The Morgan fingerprint density at radius 3 is 2.69 bits per heavy atom. The molecule has 0 heterocycles. The lowest BCUT2D eigenvalue weighted by Crippen LogP contribution is -2.32. The highest BCUT2D eigenvalue weighted by atomic mass is 16.3. The van der Waals surface area contributed by atoms with E-state index in [1.54, 1.807) is 0 Å². The third-order valence-corrected chi connectivity index (χ3v) is 3.63. The van der Waals surface area contributed by atoms with E-state index in [2.05, 4.69) is 13.8 Å². The first kappa shape index (κ1) is 11.0. The quantitative estimate of drug-likeness (QED) is 0.648. The molecule has 1 nitrogen and oxygen atoms in total. The van der Waals surface area contributed by atoms with Crippen LogP contribution >= 0.6 is 0 Å². The molecule has 0 spiro atoms. The van der Waals surface area contributed by atoms with Crippen LogP contribution in [0.3, 0.4) is 0 Å². The summed E-state index contributed by atoms with van der Waals surface area (Å²) in [5.74, 6) is 0.587. The van der Waals surface area contributed by atoms with Crippen molar-refractivity contribution in [3.8, 4) is 0 Å². The van der Waals surface area contributed by atoms with E-state index < -0.39 is 0 Å². The van der Waals surface area contributed by atoms with Crippen molar-refractivity contribution in [3.63, 3.8) is 0 Å². The minimum Gasteiger partial charge on any atom is -0.390 e. The van der Waals surface area contributed by atoms with Gasteiger partial charge in [0.25, 0.3) is 0 Å². The molecule has 0 radical (unpaired) electrons. The highest BCUT2D eigenvalue weighted by molar-refractivity contribution is 4.91. The van der Waals surface area contributed by atoms with Gasteiger partial charge in [0.15, 0.2) is 0 Å². The zero-order chi connectivity index (χ0) is 9.73. The topological polar surface area (TPSA) is 20.2 Å². The highest BCUT2D eigenvalue weighted by Gasteiger charge is 2.38. The van der Waals surface area contributed by atoms with Gasteiger partial charge in [-0.25, -0.2) is 0 Å². The van der Waals surface area contributed by atoms with Gasteiger partial charge in [-0.15, -0.1) is 0 Å². The van der Waals surface area contributed by atoms with Gasteiger partial charge in [0.1, 0.15) is 0 Å². The van der Waals surface area contributed by atoms with Crippen LogP contribution in [-0.4, -0.2) is 10.7 Å². The smallest absolute Gasteiger partial charge is 0.0675 e. The molecule has 1 aliphatic rings. The predicted octanol–water partition coefficient (Wildman–Crippen LogP) is 3.51. The highest BCUT2D eigenvalue weighted by Crippen LogP contribution is 2.40. The molecule has 1 rings (SSSR count). The summed E-state index contributed by atoms with van der Waals surface area (Å²) in [5.41, 5.74) is -0.288. The molecule has 0 aromatic rings. The summed E-state index contributed by atoms with van der Waals surface area (Å²) in [6.07, 6.45) is 9.48. The average Bonchev–Trinajstić information content (AvgIpc) is 2.47. The first-order valence-electron chi connectivity index (χ1n) is 5.95. The molecule has 2 unspecified atom stereocenters. The molecule has 1 heteroatoms. The predicted molar refractivity (Wildman–Crippen MR) is 56.7 cm³/mol. The van der Waals surface area contributed by atoms with Gasteiger partial charge in [0.2, 0.25) is 0 Å². The van der Waals surface area contributed by atoms with Crippen LogP contribution in [0.15, 0.2) is 0 Å². The Morgan fingerprint density at radius 1 is 1.31 bits per heavy atom. The number of hydrogen-bond acceptors (Lipinski definition) is 1. The zero-order valence-electron chi connectivity index (χ0n) is 9.18. The van der Waals surface area contributed by atoms with E-state index >= 15 is 0 Å². The maximum Gasteiger partial charge on any atom is 0.0675 e. The van der Waals surface area contributed by atoms with Crippen molar-refractivity contribution in [2.45, 2.75) is 70.8 Å². The average molecular weight is 184 g/mol. The summed E-state index contributed by atoms with van der Waals surface area (Å²) >= 11 is 0. The summed E-state index contributed by atoms with van der Waals surface area (Å²) < 4.78 is 0. The van der Waals surface area contributed by atoms with Gasteiger partial charge < -0.3 is 5.11 Å². The van der Waals surface area contributed by atoms with Crippen LogP contribution in [0.2, 0.25) is 0 Å². The molecular weight excluding hydrogens is 160 g/mol. The van der Waals surface area contributed by atoms with E-state index in [1.807, 2.05) is 0 Å². The molecular formula is C12H24O. The standard InChI is InChI=1S/C12H24O/c1-3-5-6-9-12(13)10-7-8-11(12)4-2/h11,13H,3-10H2,1-2H3. The van der Waals surface area contributed by atoms with Crippen LogP contribution < -0.4 is 0 Å². The zero-order valence-corrected chi connectivity index (χ0v) is 9.18. The van der Waals surface area contributed by atoms with Gasteiger partial charge in [0, 0.05) is 0 Å². The molecule has 1 saturated carbocycles. The van der Waals surface area contributed by atoms with Crippen molar-refractivity contribution in [1.82, 2.24) is 0 Å². The van der Waals surface area contributed by atoms with E-state index in [0.29, 0.717) is 5.92 Å². The van der Waals surface area contributed by atoms with Crippen LogP contribution in [0.1, 0.15) is 65.2 Å². The summed E-state index contributed by atoms with van der Waals surface area (Å²) in [6.45, 7) is 4.43. The molecule has 0 aromatic carbocycles. The Kier molecular flexibility index (Phi) is 4.24. The van der Waals surface area contributed by atoms with Gasteiger partial charge >= 0.3 is 0 Å². The molecule has 1 aliphatic carbocycles. The molecule has 1 fully saturated rings. The summed E-state index contributed by atoms with van der Waals surface area (Å²) in [7, 11) is 0. The number of hydrogen-bond donors (Lipinski definition) is 1. The van der Waals surface area contributed by atoms with Crippen LogP contribution in [0.5, 0.6) is 0 Å². The largest absolute Gasteiger partial charge is 0.390 e. The Morgan fingerprint density at radius 2 is 2.08 bits per heavy atom. The maximum atomic E-state index is 10.4. The lowest BCUT2D eigenvalue weighted by Gasteiger charge is -2.29. The molecule has 0 bridgehead atoms. The first-order valence-corrected chi connectivity index (χ1v) is 5.95. The first-order chi connectivity index (χ1) is 6.23. The number of rotatable bonds is 5. The monoisotopic (exact) mass is 184 g/mol. The van der Waals surface area contributed by atoms with Gasteiger partial charge in [0.05, 0.1) is 5.60 Å². The van der Waals surface area contributed by atoms with Gasteiger partial charge in [-0.05, 0) is 25.2 Å². The molecule has 78 valence electrons. The minimum atomic E-state index is -0.288. The molecule has 0 aromatic heterocycles. The third kappa shape index (κ3) is 2.70. The van der Waals surface area contributed by atoms with Crippen molar-refractivity contribution >= 4 is 0 Å². The summed E-state index contributed by atoms with van der Waals surface area (Å²) in [4.78, 5) is 0. The van der Waals surface area contributed by atoms with Gasteiger partial charge in [-0.2, -0.15) is 0 Å². The lowest BCUT2D eigenvalue weighted by molar-refractivity contribution is -0.00895. The second-order valence-corrected chi connectivity index (χ2v) is 4.56. The fourth-order valence-electron chi connectivity index (χ4n) is 2.72. The van der Waals surface area contributed by atoms with E-state index in [4.69, 9.17) is 0 Å². The van der Waals surface area contributed by atoms with Gasteiger partial charge in [-0.3, -0.25) is 0 Å². The fourth-order valence-corrected chi connectivity index (χ4v) is 2.72. The van der Waals surface area contributed by atoms with Crippen molar-refractivity contribution in [2.75, 3.05) is 0 Å². The minimum absolute atomic E-state index is 0.288. The summed E-state index contributed by atoms with van der Waals surface area (Å²) in [6, 6.07) is 0. The Hall–Kier alpha value is -0.0400. The molecule has 0 aliphatic heterocycles. The van der Waals surface area contributed by atoms with Crippen molar-refractivity contribution in [1.29, 1.82) is 0 Å². The van der Waals surface area contributed by atoms with E-state index in [9.17, 15) is 5.11 Å². The molecule has 0 saturated heterocycles. The van der Waals surface area contributed by atoms with Crippen LogP contribution in [0, 0.1) is 5.92 Å². The second-order valence-electron chi connectivity index (χ2n) is 4.56. The Balaban J connectivity index is 2.34. The van der Waals surface area contributed by atoms with Crippen LogP contribution in [0.4, 0.5) is 0 Å². The number of aliphatic hydroxyl groups is 1. The number of unbranched alkanes of at least 4 members (excludes halogenated alkanes) is 2. The molecule has 1 N–H and O–H groups in total. The van der Waals surface area contributed by atoms with E-state index in [1.165, 1.54) is 32.1 Å². The third-order valence-electron chi connectivity index (χ3n) is 3.63. The van der Waals surface area contributed by atoms with Crippen molar-refractivity contribution < 1.29 is 5.11 Å². The normalized spacial score (nSPS) is 33.9. The van der Waals surface area contributed by atoms with Gasteiger partial charge in [-0.1, -0.05) is 46.0 Å². The van der Waals surface area contributed by atoms with Crippen molar-refractivity contribution in [2.24, 2.45) is 5.92 Å². The molecule has 13 heavy (non-hydrogen) atoms. The Labute approximate surface area is 82.5 Å². The van der Waals surface area contributed by atoms with E-state index in [0.717, 1.165) is 19.3 Å². The maximum absolute atomic E-state index is 10.4. The Bertz CT molecular complexity index is 144. The van der Waals surface area contributed by atoms with Crippen LogP contribution in [0.25, 0.3) is 0 Å². The van der Waals surface area contributed by atoms with Crippen molar-refractivity contribution in [3.05, 3.63) is 0 Å². The lowest BCUT2D eigenvalue weighted by atomic mass is 9.84. The molecule has 2 atom stereocenters. The van der Waals surface area contributed by atoms with Crippen LogP contribution in [-0.2, 0) is 0 Å². The van der Waals surface area contributed by atoms with E-state index in [-0.39, 0.29) is 5.60 Å². The SMILES string of the molecule is CCCCCC1(O)CCCC1CC. The summed E-state index contributed by atoms with van der Waals surface area (Å²) in [5, 5.41) is 10.4. The second kappa shape index (κ2) is 4.99. The molecule has 0 amide bonds.